The standard InChI is InChI=1S/C26H28N2O4S/c1-19(2)14-25(29)28-23-11-7-8-20(16-23)17-27-26(30)22-10-6-9-21(15-22)18-33(31,32)24-12-4-3-5-13-24/h3-13,15-16,19H,14,17-18H2,1-2H3,(H,27,30)(H,28,29). The molecule has 0 spiro atoms. The Hall–Kier alpha value is -3.45. The molecule has 0 aliphatic heterocycles. The number of anilines is 1. The van der Waals surface area contributed by atoms with Crippen LogP contribution < -0.4 is 10.6 Å². The van der Waals surface area contributed by atoms with Crippen LogP contribution in [0.25, 0.3) is 0 Å². The van der Waals surface area contributed by atoms with E-state index in [4.69, 9.17) is 0 Å². The van der Waals surface area contributed by atoms with Gasteiger partial charge in [-0.2, -0.15) is 0 Å². The number of sulfone groups is 1. The van der Waals surface area contributed by atoms with Gasteiger partial charge in [-0.15, -0.1) is 0 Å². The van der Waals surface area contributed by atoms with Gasteiger partial charge in [-0.3, -0.25) is 9.59 Å². The van der Waals surface area contributed by atoms with Crippen molar-refractivity contribution in [2.45, 2.75) is 37.5 Å². The van der Waals surface area contributed by atoms with Gasteiger partial charge < -0.3 is 10.6 Å². The van der Waals surface area contributed by atoms with Crippen LogP contribution in [0.4, 0.5) is 5.69 Å². The van der Waals surface area contributed by atoms with Gasteiger partial charge in [0.2, 0.25) is 5.91 Å². The van der Waals surface area contributed by atoms with Crippen LogP contribution in [-0.2, 0) is 26.9 Å². The number of hydrogen-bond donors (Lipinski definition) is 2. The van der Waals surface area contributed by atoms with Gasteiger partial charge in [0.05, 0.1) is 10.6 Å². The van der Waals surface area contributed by atoms with Crippen molar-refractivity contribution in [2.24, 2.45) is 5.92 Å². The molecule has 2 N–H and O–H groups in total. The van der Waals surface area contributed by atoms with Crippen molar-refractivity contribution >= 4 is 27.3 Å². The lowest BCUT2D eigenvalue weighted by Crippen LogP contribution is -2.23. The molecule has 0 heterocycles. The molecule has 0 fully saturated rings. The van der Waals surface area contributed by atoms with E-state index in [1.165, 1.54) is 0 Å². The van der Waals surface area contributed by atoms with Gasteiger partial charge >= 0.3 is 0 Å². The quantitative estimate of drug-likeness (QED) is 0.485. The number of hydrogen-bond acceptors (Lipinski definition) is 4. The maximum atomic E-state index is 12.7. The van der Waals surface area contributed by atoms with E-state index in [2.05, 4.69) is 10.6 Å². The molecule has 172 valence electrons. The van der Waals surface area contributed by atoms with Crippen LogP contribution >= 0.6 is 0 Å². The Kier molecular flexibility index (Phi) is 8.01. The number of carbonyl (C=O) groups excluding carboxylic acids is 2. The molecule has 0 atom stereocenters. The minimum absolute atomic E-state index is 0.0477. The van der Waals surface area contributed by atoms with E-state index in [-0.39, 0.29) is 34.9 Å². The van der Waals surface area contributed by atoms with E-state index in [0.717, 1.165) is 5.56 Å². The monoisotopic (exact) mass is 464 g/mol. The van der Waals surface area contributed by atoms with Crippen molar-refractivity contribution in [3.63, 3.8) is 0 Å². The number of rotatable bonds is 9. The highest BCUT2D eigenvalue weighted by Crippen LogP contribution is 2.17. The predicted molar refractivity (Wildman–Crippen MR) is 129 cm³/mol. The van der Waals surface area contributed by atoms with Gasteiger partial charge in [0.25, 0.3) is 5.91 Å². The second-order valence-corrected chi connectivity index (χ2v) is 10.3. The van der Waals surface area contributed by atoms with Crippen molar-refractivity contribution in [3.8, 4) is 0 Å². The first-order chi connectivity index (χ1) is 15.7. The molecule has 3 aromatic carbocycles. The molecule has 6 nitrogen and oxygen atoms in total. The highest BCUT2D eigenvalue weighted by molar-refractivity contribution is 7.90. The number of amides is 2. The lowest BCUT2D eigenvalue weighted by molar-refractivity contribution is -0.116. The van der Waals surface area contributed by atoms with Gasteiger partial charge in [0, 0.05) is 24.2 Å². The van der Waals surface area contributed by atoms with E-state index in [9.17, 15) is 18.0 Å². The third-order valence-corrected chi connectivity index (χ3v) is 6.61. The van der Waals surface area contributed by atoms with Crippen LogP contribution in [0.2, 0.25) is 0 Å². The van der Waals surface area contributed by atoms with Gasteiger partial charge in [-0.25, -0.2) is 8.42 Å². The summed E-state index contributed by atoms with van der Waals surface area (Å²) in [6, 6.07) is 22.2. The van der Waals surface area contributed by atoms with E-state index >= 15 is 0 Å². The molecular weight excluding hydrogens is 436 g/mol. The van der Waals surface area contributed by atoms with Gasteiger partial charge in [0.1, 0.15) is 0 Å². The smallest absolute Gasteiger partial charge is 0.251 e. The molecule has 0 saturated heterocycles. The van der Waals surface area contributed by atoms with Crippen molar-refractivity contribution in [1.29, 1.82) is 0 Å². The maximum Gasteiger partial charge on any atom is 0.251 e. The minimum Gasteiger partial charge on any atom is -0.348 e. The molecule has 0 radical (unpaired) electrons. The average molecular weight is 465 g/mol. The van der Waals surface area contributed by atoms with Crippen LogP contribution in [0.15, 0.2) is 83.8 Å². The van der Waals surface area contributed by atoms with Crippen molar-refractivity contribution in [2.75, 3.05) is 5.32 Å². The van der Waals surface area contributed by atoms with E-state index in [1.54, 1.807) is 60.7 Å². The summed E-state index contributed by atoms with van der Waals surface area (Å²) in [5.41, 5.74) is 2.45. The summed E-state index contributed by atoms with van der Waals surface area (Å²) in [5.74, 6) is -0.265. The summed E-state index contributed by atoms with van der Waals surface area (Å²) in [6.45, 7) is 4.24. The third kappa shape index (κ3) is 7.29. The fourth-order valence-electron chi connectivity index (χ4n) is 3.36. The normalized spacial score (nSPS) is 11.2. The van der Waals surface area contributed by atoms with Crippen LogP contribution in [0, 0.1) is 5.92 Å². The highest BCUT2D eigenvalue weighted by Gasteiger charge is 2.16. The third-order valence-electron chi connectivity index (χ3n) is 4.91. The first-order valence-electron chi connectivity index (χ1n) is 10.8. The fourth-order valence-corrected chi connectivity index (χ4v) is 4.72. The number of benzene rings is 3. The molecule has 0 aromatic heterocycles. The first-order valence-corrected chi connectivity index (χ1v) is 12.4. The molecule has 0 aliphatic carbocycles. The van der Waals surface area contributed by atoms with Gasteiger partial charge in [-0.1, -0.05) is 56.3 Å². The van der Waals surface area contributed by atoms with Gasteiger partial charge in [0.15, 0.2) is 9.84 Å². The maximum absolute atomic E-state index is 12.7. The molecule has 2 amide bonds. The van der Waals surface area contributed by atoms with Gasteiger partial charge in [-0.05, 0) is 53.4 Å². The molecule has 33 heavy (non-hydrogen) atoms. The molecule has 0 unspecified atom stereocenters. The lowest BCUT2D eigenvalue weighted by atomic mass is 10.1. The van der Waals surface area contributed by atoms with Crippen LogP contribution in [-0.4, -0.2) is 20.2 Å². The molecule has 0 saturated carbocycles. The second-order valence-electron chi connectivity index (χ2n) is 8.30. The Bertz CT molecular complexity index is 1220. The molecule has 3 aromatic rings. The Morgan fingerprint density at radius 3 is 2.27 bits per heavy atom. The summed E-state index contributed by atoms with van der Waals surface area (Å²) < 4.78 is 25.3. The Balaban J connectivity index is 1.62. The number of nitrogens with one attached hydrogen (secondary N) is 2. The zero-order valence-electron chi connectivity index (χ0n) is 18.7. The zero-order valence-corrected chi connectivity index (χ0v) is 19.6. The van der Waals surface area contributed by atoms with Crippen LogP contribution in [0.5, 0.6) is 0 Å². The second kappa shape index (κ2) is 10.9. The Morgan fingerprint density at radius 2 is 1.55 bits per heavy atom. The Labute approximate surface area is 195 Å². The van der Waals surface area contributed by atoms with E-state index < -0.39 is 9.84 Å². The Morgan fingerprint density at radius 1 is 0.848 bits per heavy atom. The largest absolute Gasteiger partial charge is 0.348 e. The SMILES string of the molecule is CC(C)CC(=O)Nc1cccc(CNC(=O)c2cccc(CS(=O)(=O)c3ccccc3)c2)c1. The summed E-state index contributed by atoms with van der Waals surface area (Å²) in [7, 11) is -3.50. The number of carbonyl (C=O) groups is 2. The van der Waals surface area contributed by atoms with Crippen molar-refractivity contribution in [1.82, 2.24) is 5.32 Å². The summed E-state index contributed by atoms with van der Waals surface area (Å²) in [5, 5.41) is 5.72. The highest BCUT2D eigenvalue weighted by atomic mass is 32.2. The summed E-state index contributed by atoms with van der Waals surface area (Å²) in [4.78, 5) is 24.9. The van der Waals surface area contributed by atoms with Crippen molar-refractivity contribution < 1.29 is 18.0 Å². The summed E-state index contributed by atoms with van der Waals surface area (Å²) in [6.07, 6.45) is 0.442. The zero-order chi connectivity index (χ0) is 23.8. The van der Waals surface area contributed by atoms with E-state index in [0.29, 0.717) is 23.2 Å². The average Bonchev–Trinajstić information content (AvgIpc) is 2.77. The fraction of sp³-hybridized carbons (Fsp3) is 0.231. The molecule has 7 heteroatoms. The van der Waals surface area contributed by atoms with E-state index in [1.807, 2.05) is 32.0 Å². The van der Waals surface area contributed by atoms with Crippen molar-refractivity contribution in [3.05, 3.63) is 95.6 Å². The molecule has 3 rings (SSSR count). The molecule has 0 aliphatic rings. The topological polar surface area (TPSA) is 92.3 Å². The predicted octanol–water partition coefficient (Wildman–Crippen LogP) is 4.58. The summed E-state index contributed by atoms with van der Waals surface area (Å²) >= 11 is 0. The molecule has 0 bridgehead atoms. The van der Waals surface area contributed by atoms with Crippen LogP contribution in [0.1, 0.15) is 41.8 Å². The first kappa shape index (κ1) is 24.2. The van der Waals surface area contributed by atoms with Crippen LogP contribution in [0.3, 0.4) is 0 Å². The lowest BCUT2D eigenvalue weighted by Gasteiger charge is -2.10. The minimum atomic E-state index is -3.50. The molecular formula is C26H28N2O4S.